The first-order chi connectivity index (χ1) is 9.76. The van der Waals surface area contributed by atoms with Crippen LogP contribution in [0, 0.1) is 11.3 Å². The molecule has 2 N–H and O–H groups in total. The van der Waals surface area contributed by atoms with Crippen molar-refractivity contribution in [1.82, 2.24) is 9.97 Å². The lowest BCUT2D eigenvalue weighted by Gasteiger charge is -2.10. The van der Waals surface area contributed by atoms with E-state index in [1.54, 1.807) is 6.07 Å². The van der Waals surface area contributed by atoms with Crippen molar-refractivity contribution < 1.29 is 0 Å². The van der Waals surface area contributed by atoms with Gasteiger partial charge in [0.2, 0.25) is 0 Å². The third-order valence-electron chi connectivity index (χ3n) is 2.76. The van der Waals surface area contributed by atoms with Crippen LogP contribution < -0.4 is 10.6 Å². The van der Waals surface area contributed by atoms with Gasteiger partial charge in [-0.25, -0.2) is 9.97 Å². The van der Waals surface area contributed by atoms with E-state index in [1.165, 1.54) is 0 Å². The van der Waals surface area contributed by atoms with Crippen molar-refractivity contribution in [2.24, 2.45) is 0 Å². The molecule has 0 saturated heterocycles. The molecule has 5 nitrogen and oxygen atoms in total. The smallest absolute Gasteiger partial charge is 0.136 e. The lowest BCUT2D eigenvalue weighted by molar-refractivity contribution is 0.939. The summed E-state index contributed by atoms with van der Waals surface area (Å²) in [7, 11) is 0. The highest BCUT2D eigenvalue weighted by Gasteiger charge is 2.06. The fraction of sp³-hybridized carbons (Fsp3) is 0.267. The largest absolute Gasteiger partial charge is 0.370 e. The molecule has 0 aliphatic carbocycles. The molecule has 0 aliphatic rings. The Morgan fingerprint density at radius 1 is 1.15 bits per heavy atom. The molecule has 1 aromatic carbocycles. The van der Waals surface area contributed by atoms with Crippen molar-refractivity contribution in [1.29, 1.82) is 5.26 Å². The van der Waals surface area contributed by atoms with E-state index < -0.39 is 0 Å². The van der Waals surface area contributed by atoms with Gasteiger partial charge in [0.25, 0.3) is 0 Å². The number of benzene rings is 1. The average Bonchev–Trinajstić information content (AvgIpc) is 2.48. The zero-order valence-electron chi connectivity index (χ0n) is 11.6. The molecule has 0 amide bonds. The molecular weight excluding hydrogens is 250 g/mol. The summed E-state index contributed by atoms with van der Waals surface area (Å²) in [6.45, 7) is 4.83. The van der Waals surface area contributed by atoms with Crippen molar-refractivity contribution in [2.75, 3.05) is 17.2 Å². The first kappa shape index (κ1) is 13.8. The minimum Gasteiger partial charge on any atom is -0.370 e. The molecule has 0 fully saturated rings. The molecule has 0 atom stereocenters. The standard InChI is InChI=1S/C15H17N5/c1-3-13-19-14(17-4-2)9-15(20-13)18-12-8-6-5-7-11(12)10-16/h5-9H,3-4H2,1-2H3,(H2,17,18,19,20). The molecule has 20 heavy (non-hydrogen) atoms. The number of rotatable bonds is 5. The van der Waals surface area contributed by atoms with Crippen LogP contribution in [-0.2, 0) is 6.42 Å². The summed E-state index contributed by atoms with van der Waals surface area (Å²) in [6.07, 6.45) is 0.758. The number of anilines is 3. The number of hydrogen-bond donors (Lipinski definition) is 2. The van der Waals surface area contributed by atoms with Gasteiger partial charge in [-0.15, -0.1) is 0 Å². The molecule has 2 aromatic rings. The third-order valence-corrected chi connectivity index (χ3v) is 2.76. The van der Waals surface area contributed by atoms with Gasteiger partial charge in [-0.1, -0.05) is 19.1 Å². The Bertz CT molecular complexity index is 630. The van der Waals surface area contributed by atoms with E-state index in [0.29, 0.717) is 11.4 Å². The zero-order chi connectivity index (χ0) is 14.4. The minimum atomic E-state index is 0.592. The molecule has 0 radical (unpaired) electrons. The van der Waals surface area contributed by atoms with E-state index in [9.17, 15) is 0 Å². The Morgan fingerprint density at radius 2 is 1.90 bits per heavy atom. The summed E-state index contributed by atoms with van der Waals surface area (Å²) < 4.78 is 0. The lowest BCUT2D eigenvalue weighted by Crippen LogP contribution is -2.06. The fourth-order valence-electron chi connectivity index (χ4n) is 1.82. The molecule has 5 heteroatoms. The van der Waals surface area contributed by atoms with E-state index >= 15 is 0 Å². The molecule has 0 spiro atoms. The number of nitrogens with one attached hydrogen (secondary N) is 2. The van der Waals surface area contributed by atoms with Crippen LogP contribution in [0.2, 0.25) is 0 Å². The summed E-state index contributed by atoms with van der Waals surface area (Å²) in [5.41, 5.74) is 1.34. The number of hydrogen-bond acceptors (Lipinski definition) is 5. The predicted octanol–water partition coefficient (Wildman–Crippen LogP) is 3.09. The Morgan fingerprint density at radius 3 is 2.60 bits per heavy atom. The van der Waals surface area contributed by atoms with Gasteiger partial charge >= 0.3 is 0 Å². The van der Waals surface area contributed by atoms with Gasteiger partial charge in [-0.3, -0.25) is 0 Å². The van der Waals surface area contributed by atoms with Crippen molar-refractivity contribution in [3.63, 3.8) is 0 Å². The predicted molar refractivity (Wildman–Crippen MR) is 80.0 cm³/mol. The van der Waals surface area contributed by atoms with Crippen LogP contribution in [0.3, 0.4) is 0 Å². The molecule has 0 unspecified atom stereocenters. The normalized spacial score (nSPS) is 9.85. The minimum absolute atomic E-state index is 0.592. The average molecular weight is 267 g/mol. The highest BCUT2D eigenvalue weighted by molar-refractivity contribution is 5.65. The van der Waals surface area contributed by atoms with Crippen LogP contribution in [0.25, 0.3) is 0 Å². The van der Waals surface area contributed by atoms with Crippen molar-refractivity contribution in [3.8, 4) is 6.07 Å². The van der Waals surface area contributed by atoms with Crippen molar-refractivity contribution in [2.45, 2.75) is 20.3 Å². The van der Waals surface area contributed by atoms with Crippen LogP contribution in [0.15, 0.2) is 30.3 Å². The van der Waals surface area contributed by atoms with Crippen molar-refractivity contribution >= 4 is 17.3 Å². The van der Waals surface area contributed by atoms with E-state index in [1.807, 2.05) is 38.1 Å². The number of aromatic nitrogens is 2. The first-order valence-corrected chi connectivity index (χ1v) is 6.64. The zero-order valence-corrected chi connectivity index (χ0v) is 11.6. The van der Waals surface area contributed by atoms with Crippen molar-refractivity contribution in [3.05, 3.63) is 41.7 Å². The first-order valence-electron chi connectivity index (χ1n) is 6.64. The monoisotopic (exact) mass is 267 g/mol. The number of nitrogens with zero attached hydrogens (tertiary/aromatic N) is 3. The second-order valence-electron chi connectivity index (χ2n) is 4.22. The Kier molecular flexibility index (Phi) is 4.51. The highest BCUT2D eigenvalue weighted by Crippen LogP contribution is 2.20. The van der Waals surface area contributed by atoms with Gasteiger partial charge in [0.05, 0.1) is 11.3 Å². The maximum absolute atomic E-state index is 9.10. The van der Waals surface area contributed by atoms with E-state index in [2.05, 4.69) is 26.7 Å². The van der Waals surface area contributed by atoms with Gasteiger partial charge in [-0.05, 0) is 19.1 Å². The van der Waals surface area contributed by atoms with Gasteiger partial charge in [0.15, 0.2) is 0 Å². The summed E-state index contributed by atoms with van der Waals surface area (Å²) in [6, 6.07) is 11.4. The molecular formula is C15H17N5. The molecule has 1 aromatic heterocycles. The number of para-hydroxylation sites is 1. The van der Waals surface area contributed by atoms with Crippen LogP contribution in [0.1, 0.15) is 25.2 Å². The van der Waals surface area contributed by atoms with Gasteiger partial charge < -0.3 is 10.6 Å². The number of nitriles is 1. The van der Waals surface area contributed by atoms with Crippen LogP contribution >= 0.6 is 0 Å². The van der Waals surface area contributed by atoms with E-state index in [0.717, 1.165) is 30.3 Å². The van der Waals surface area contributed by atoms with Gasteiger partial charge in [-0.2, -0.15) is 5.26 Å². The van der Waals surface area contributed by atoms with E-state index in [4.69, 9.17) is 5.26 Å². The SMILES string of the molecule is CCNc1cc(Nc2ccccc2C#N)nc(CC)n1. The molecule has 0 saturated carbocycles. The lowest BCUT2D eigenvalue weighted by atomic mass is 10.2. The van der Waals surface area contributed by atoms with Crippen LogP contribution in [0.5, 0.6) is 0 Å². The van der Waals surface area contributed by atoms with Crippen LogP contribution in [-0.4, -0.2) is 16.5 Å². The molecule has 0 bridgehead atoms. The molecule has 1 heterocycles. The Hall–Kier alpha value is -2.61. The Balaban J connectivity index is 2.33. The summed E-state index contributed by atoms with van der Waals surface area (Å²) >= 11 is 0. The van der Waals surface area contributed by atoms with Gasteiger partial charge in [0, 0.05) is 19.0 Å². The second kappa shape index (κ2) is 6.53. The summed E-state index contributed by atoms with van der Waals surface area (Å²) in [4.78, 5) is 8.83. The summed E-state index contributed by atoms with van der Waals surface area (Å²) in [5.74, 6) is 2.24. The maximum Gasteiger partial charge on any atom is 0.136 e. The van der Waals surface area contributed by atoms with Crippen LogP contribution in [0.4, 0.5) is 17.3 Å². The quantitative estimate of drug-likeness (QED) is 0.870. The molecule has 0 aliphatic heterocycles. The fourth-order valence-corrected chi connectivity index (χ4v) is 1.82. The number of aryl methyl sites for hydroxylation is 1. The third kappa shape index (κ3) is 3.23. The topological polar surface area (TPSA) is 73.6 Å². The highest BCUT2D eigenvalue weighted by atomic mass is 15.1. The Labute approximate surface area is 118 Å². The second-order valence-corrected chi connectivity index (χ2v) is 4.22. The van der Waals surface area contributed by atoms with E-state index in [-0.39, 0.29) is 0 Å². The maximum atomic E-state index is 9.10. The van der Waals surface area contributed by atoms with Gasteiger partial charge in [0.1, 0.15) is 23.5 Å². The molecule has 2 rings (SSSR count). The summed E-state index contributed by atoms with van der Waals surface area (Å²) in [5, 5.41) is 15.5. The molecule has 102 valence electrons.